The summed E-state index contributed by atoms with van der Waals surface area (Å²) in [7, 11) is 4.09. The Hall–Kier alpha value is -2.10. The second-order valence-corrected chi connectivity index (χ2v) is 4.85. The molecule has 0 saturated carbocycles. The molecule has 0 aliphatic rings. The molecule has 0 aliphatic carbocycles. The highest BCUT2D eigenvalue weighted by molar-refractivity contribution is 5.60. The molecule has 19 heavy (non-hydrogen) atoms. The zero-order chi connectivity index (χ0) is 14.0. The van der Waals surface area contributed by atoms with Crippen molar-refractivity contribution >= 4 is 5.69 Å². The zero-order valence-corrected chi connectivity index (χ0v) is 12.1. The number of hydrogen-bond acceptors (Lipinski definition) is 4. The number of rotatable bonds is 3. The van der Waals surface area contributed by atoms with E-state index in [9.17, 15) is 0 Å². The van der Waals surface area contributed by atoms with Crippen LogP contribution in [0.1, 0.15) is 16.8 Å². The van der Waals surface area contributed by atoms with Crippen LogP contribution in [0, 0.1) is 20.8 Å². The first-order valence-corrected chi connectivity index (χ1v) is 6.23. The van der Waals surface area contributed by atoms with Gasteiger partial charge in [0.25, 0.3) is 0 Å². The van der Waals surface area contributed by atoms with Crippen LogP contribution in [-0.2, 0) is 0 Å². The van der Waals surface area contributed by atoms with Crippen molar-refractivity contribution in [3.8, 4) is 11.6 Å². The van der Waals surface area contributed by atoms with E-state index in [1.165, 1.54) is 16.8 Å². The van der Waals surface area contributed by atoms with Crippen molar-refractivity contribution in [1.82, 2.24) is 9.97 Å². The predicted molar refractivity (Wildman–Crippen MR) is 77.1 cm³/mol. The number of aryl methyl sites for hydroxylation is 3. The fraction of sp³-hybridized carbons (Fsp3) is 0.333. The first-order chi connectivity index (χ1) is 8.99. The van der Waals surface area contributed by atoms with Gasteiger partial charge in [-0.1, -0.05) is 0 Å². The molecule has 0 radical (unpaired) electrons. The molecule has 0 atom stereocenters. The van der Waals surface area contributed by atoms with Crippen molar-refractivity contribution < 1.29 is 4.74 Å². The third-order valence-corrected chi connectivity index (χ3v) is 2.96. The van der Waals surface area contributed by atoms with E-state index in [1.54, 1.807) is 12.4 Å². The van der Waals surface area contributed by atoms with Crippen LogP contribution in [-0.4, -0.2) is 24.1 Å². The van der Waals surface area contributed by atoms with Crippen molar-refractivity contribution in [2.75, 3.05) is 19.0 Å². The van der Waals surface area contributed by atoms with Gasteiger partial charge in [-0.05, 0) is 44.0 Å². The van der Waals surface area contributed by atoms with Gasteiger partial charge >= 0.3 is 0 Å². The Morgan fingerprint density at radius 2 is 1.53 bits per heavy atom. The first-order valence-electron chi connectivity index (χ1n) is 6.23. The van der Waals surface area contributed by atoms with Gasteiger partial charge in [0.1, 0.15) is 5.75 Å². The predicted octanol–water partition coefficient (Wildman–Crippen LogP) is 3.26. The highest BCUT2D eigenvalue weighted by Crippen LogP contribution is 2.30. The Morgan fingerprint density at radius 1 is 0.947 bits per heavy atom. The maximum atomic E-state index is 5.81. The second kappa shape index (κ2) is 5.26. The Morgan fingerprint density at radius 3 is 2.05 bits per heavy atom. The maximum Gasteiger partial charge on any atom is 0.240 e. The molecule has 1 aromatic carbocycles. The molecule has 1 aromatic heterocycles. The van der Waals surface area contributed by atoms with Gasteiger partial charge in [-0.25, -0.2) is 4.98 Å². The molecule has 2 aromatic rings. The topological polar surface area (TPSA) is 38.3 Å². The van der Waals surface area contributed by atoms with Crippen LogP contribution in [0.5, 0.6) is 11.6 Å². The van der Waals surface area contributed by atoms with Crippen molar-refractivity contribution in [2.45, 2.75) is 20.8 Å². The van der Waals surface area contributed by atoms with Gasteiger partial charge in [0.05, 0.1) is 5.69 Å². The van der Waals surface area contributed by atoms with Gasteiger partial charge in [-0.15, -0.1) is 0 Å². The largest absolute Gasteiger partial charge is 0.437 e. The van der Waals surface area contributed by atoms with Gasteiger partial charge in [0.2, 0.25) is 5.88 Å². The van der Waals surface area contributed by atoms with E-state index >= 15 is 0 Å². The molecule has 1 heterocycles. The molecule has 0 N–H and O–H groups in total. The highest BCUT2D eigenvalue weighted by atomic mass is 16.5. The molecular weight excluding hydrogens is 238 g/mol. The molecule has 4 heteroatoms. The van der Waals surface area contributed by atoms with E-state index in [4.69, 9.17) is 4.74 Å². The van der Waals surface area contributed by atoms with Crippen LogP contribution in [0.2, 0.25) is 0 Å². The first kappa shape index (κ1) is 13.3. The Balaban J connectivity index is 2.35. The number of nitrogens with zero attached hydrogens (tertiary/aromatic N) is 3. The molecule has 0 unspecified atom stereocenters. The van der Waals surface area contributed by atoms with Crippen LogP contribution in [0.15, 0.2) is 24.5 Å². The van der Waals surface area contributed by atoms with Crippen LogP contribution in [0.25, 0.3) is 0 Å². The van der Waals surface area contributed by atoms with E-state index in [2.05, 4.69) is 28.7 Å². The summed E-state index contributed by atoms with van der Waals surface area (Å²) < 4.78 is 5.81. The minimum atomic E-state index is 0.555. The van der Waals surface area contributed by atoms with Gasteiger partial charge < -0.3 is 9.64 Å². The molecule has 0 amide bonds. The molecule has 0 fully saturated rings. The Bertz CT molecular complexity index is 571. The third-order valence-electron chi connectivity index (χ3n) is 2.96. The standard InChI is InChI=1S/C15H19N3O/c1-10-8-13(9-11(2)14(10)18(4)5)19-15-12(3)16-6-7-17-15/h6-9H,1-5H3. The maximum absolute atomic E-state index is 5.81. The van der Waals surface area contributed by atoms with Crippen LogP contribution in [0.4, 0.5) is 5.69 Å². The summed E-state index contributed by atoms with van der Waals surface area (Å²) in [5.74, 6) is 1.35. The summed E-state index contributed by atoms with van der Waals surface area (Å²) in [6.45, 7) is 6.05. The quantitative estimate of drug-likeness (QED) is 0.846. The van der Waals surface area contributed by atoms with Crippen molar-refractivity contribution in [3.05, 3.63) is 41.3 Å². The number of ether oxygens (including phenoxy) is 1. The molecule has 0 saturated heterocycles. The Labute approximate surface area is 114 Å². The van der Waals surface area contributed by atoms with Crippen LogP contribution < -0.4 is 9.64 Å². The summed E-state index contributed by atoms with van der Waals surface area (Å²) in [5.41, 5.74) is 4.38. The van der Waals surface area contributed by atoms with Crippen molar-refractivity contribution in [1.29, 1.82) is 0 Å². The molecule has 100 valence electrons. The van der Waals surface area contributed by atoms with E-state index in [0.29, 0.717) is 5.88 Å². The molecular formula is C15H19N3O. The van der Waals surface area contributed by atoms with E-state index in [1.807, 2.05) is 33.2 Å². The van der Waals surface area contributed by atoms with Gasteiger partial charge in [0, 0.05) is 32.2 Å². The fourth-order valence-electron chi connectivity index (χ4n) is 2.29. The van der Waals surface area contributed by atoms with Gasteiger partial charge in [-0.2, -0.15) is 0 Å². The summed E-state index contributed by atoms with van der Waals surface area (Å²) >= 11 is 0. The molecule has 4 nitrogen and oxygen atoms in total. The van der Waals surface area contributed by atoms with Crippen LogP contribution in [0.3, 0.4) is 0 Å². The number of hydrogen-bond donors (Lipinski definition) is 0. The van der Waals surface area contributed by atoms with E-state index in [0.717, 1.165) is 11.4 Å². The zero-order valence-electron chi connectivity index (χ0n) is 12.1. The molecule has 2 rings (SSSR count). The third kappa shape index (κ3) is 2.84. The molecule has 0 bridgehead atoms. The van der Waals surface area contributed by atoms with Gasteiger partial charge in [-0.3, -0.25) is 4.98 Å². The van der Waals surface area contributed by atoms with Gasteiger partial charge in [0.15, 0.2) is 0 Å². The lowest BCUT2D eigenvalue weighted by molar-refractivity contribution is 0.454. The number of benzene rings is 1. The van der Waals surface area contributed by atoms with E-state index < -0.39 is 0 Å². The minimum absolute atomic E-state index is 0.555. The van der Waals surface area contributed by atoms with E-state index in [-0.39, 0.29) is 0 Å². The van der Waals surface area contributed by atoms with Crippen LogP contribution >= 0.6 is 0 Å². The number of aromatic nitrogens is 2. The lowest BCUT2D eigenvalue weighted by Crippen LogP contribution is -2.12. The molecule has 0 aliphatic heterocycles. The summed E-state index contributed by atoms with van der Waals surface area (Å²) in [4.78, 5) is 10.5. The molecule has 0 spiro atoms. The summed E-state index contributed by atoms with van der Waals surface area (Å²) in [6.07, 6.45) is 3.30. The SMILES string of the molecule is Cc1cc(Oc2nccnc2C)cc(C)c1N(C)C. The normalized spacial score (nSPS) is 10.4. The van der Waals surface area contributed by atoms with Crippen molar-refractivity contribution in [3.63, 3.8) is 0 Å². The lowest BCUT2D eigenvalue weighted by Gasteiger charge is -2.19. The monoisotopic (exact) mass is 257 g/mol. The average molecular weight is 257 g/mol. The smallest absolute Gasteiger partial charge is 0.240 e. The lowest BCUT2D eigenvalue weighted by atomic mass is 10.1. The summed E-state index contributed by atoms with van der Waals surface area (Å²) in [5, 5.41) is 0. The number of anilines is 1. The van der Waals surface area contributed by atoms with Crippen molar-refractivity contribution in [2.24, 2.45) is 0 Å². The second-order valence-electron chi connectivity index (χ2n) is 4.85. The summed E-state index contributed by atoms with van der Waals surface area (Å²) in [6, 6.07) is 4.05. The average Bonchev–Trinajstić information content (AvgIpc) is 2.30. The fourth-order valence-corrected chi connectivity index (χ4v) is 2.29. The highest BCUT2D eigenvalue weighted by Gasteiger charge is 2.09. The Kier molecular flexibility index (Phi) is 3.69. The minimum Gasteiger partial charge on any atom is -0.437 e.